The van der Waals surface area contributed by atoms with Crippen LogP contribution in [0.3, 0.4) is 0 Å². The van der Waals surface area contributed by atoms with E-state index < -0.39 is 0 Å². The Morgan fingerprint density at radius 2 is 2.05 bits per heavy atom. The van der Waals surface area contributed by atoms with Crippen LogP contribution >= 0.6 is 0 Å². The Hall–Kier alpha value is -1.49. The predicted molar refractivity (Wildman–Crippen MR) is 71.3 cm³/mol. The largest absolute Gasteiger partial charge is 0.393 e. The number of hydrogen-bond donors (Lipinski definition) is 2. The first-order valence-electron chi connectivity index (χ1n) is 6.81. The Kier molecular flexibility index (Phi) is 4.47. The van der Waals surface area contributed by atoms with Crippen LogP contribution < -0.4 is 5.32 Å². The van der Waals surface area contributed by atoms with Gasteiger partial charge >= 0.3 is 0 Å². The minimum Gasteiger partial charge on any atom is -0.393 e. The smallest absolute Gasteiger partial charge is 0.223 e. The molecule has 2 rings (SSSR count). The summed E-state index contributed by atoms with van der Waals surface area (Å²) in [6, 6.07) is 1.91. The van der Waals surface area contributed by atoms with E-state index in [1.54, 1.807) is 0 Å². The van der Waals surface area contributed by atoms with E-state index in [2.05, 4.69) is 15.3 Å². The summed E-state index contributed by atoms with van der Waals surface area (Å²) in [5.41, 5.74) is 1.81. The normalized spacial score (nSPS) is 23.1. The molecule has 1 amide bonds. The fourth-order valence-electron chi connectivity index (χ4n) is 2.59. The van der Waals surface area contributed by atoms with E-state index in [0.717, 1.165) is 30.7 Å². The van der Waals surface area contributed by atoms with E-state index in [-0.39, 0.29) is 17.9 Å². The topological polar surface area (TPSA) is 75.1 Å². The molecule has 1 fully saturated rings. The third kappa shape index (κ3) is 3.99. The second-order valence-corrected chi connectivity index (χ2v) is 5.30. The highest BCUT2D eigenvalue weighted by molar-refractivity contribution is 5.78. The van der Waals surface area contributed by atoms with Crippen LogP contribution in [0.25, 0.3) is 0 Å². The predicted octanol–water partition coefficient (Wildman–Crippen LogP) is 1.26. The van der Waals surface area contributed by atoms with E-state index in [4.69, 9.17) is 0 Å². The maximum absolute atomic E-state index is 12.0. The second kappa shape index (κ2) is 6.10. The zero-order valence-electron chi connectivity index (χ0n) is 11.5. The fraction of sp³-hybridized carbons (Fsp3) is 0.643. The molecule has 104 valence electrons. The van der Waals surface area contributed by atoms with Crippen molar-refractivity contribution in [1.82, 2.24) is 15.3 Å². The Bertz CT molecular complexity index is 442. The molecule has 0 bridgehead atoms. The van der Waals surface area contributed by atoms with Crippen LogP contribution in [0.4, 0.5) is 0 Å². The van der Waals surface area contributed by atoms with Crippen LogP contribution in [0.15, 0.2) is 6.07 Å². The van der Waals surface area contributed by atoms with Gasteiger partial charge in [-0.15, -0.1) is 0 Å². The van der Waals surface area contributed by atoms with Crippen molar-refractivity contribution in [3.63, 3.8) is 0 Å². The standard InChI is InChI=1S/C14H21N3O2/c1-9-6-10(2)17-13(16-9)8-15-14(19)11-4-3-5-12(18)7-11/h6,11-12,18H,3-5,7-8H2,1-2H3,(H,15,19)/t11-,12+/m1/s1. The van der Waals surface area contributed by atoms with E-state index in [0.29, 0.717) is 18.8 Å². The lowest BCUT2D eigenvalue weighted by atomic mass is 9.87. The molecule has 0 spiro atoms. The lowest BCUT2D eigenvalue weighted by Gasteiger charge is -2.24. The van der Waals surface area contributed by atoms with Crippen LogP contribution in [-0.4, -0.2) is 27.1 Å². The van der Waals surface area contributed by atoms with Crippen molar-refractivity contribution in [1.29, 1.82) is 0 Å². The van der Waals surface area contributed by atoms with Crippen LogP contribution in [0.5, 0.6) is 0 Å². The Labute approximate surface area is 113 Å². The van der Waals surface area contributed by atoms with E-state index in [1.807, 2.05) is 19.9 Å². The molecule has 1 aliphatic carbocycles. The molecule has 0 saturated heterocycles. The van der Waals surface area contributed by atoms with Gasteiger partial charge in [-0.1, -0.05) is 6.42 Å². The van der Waals surface area contributed by atoms with Crippen LogP contribution in [0.2, 0.25) is 0 Å². The van der Waals surface area contributed by atoms with Crippen molar-refractivity contribution in [2.75, 3.05) is 0 Å². The molecule has 1 heterocycles. The maximum atomic E-state index is 12.0. The summed E-state index contributed by atoms with van der Waals surface area (Å²) in [7, 11) is 0. The van der Waals surface area contributed by atoms with E-state index >= 15 is 0 Å². The van der Waals surface area contributed by atoms with Crippen molar-refractivity contribution in [3.05, 3.63) is 23.3 Å². The van der Waals surface area contributed by atoms with E-state index in [9.17, 15) is 9.90 Å². The molecule has 5 heteroatoms. The lowest BCUT2D eigenvalue weighted by molar-refractivity contribution is -0.127. The number of carbonyl (C=O) groups is 1. The first-order chi connectivity index (χ1) is 9.04. The van der Waals surface area contributed by atoms with E-state index in [1.165, 1.54) is 0 Å². The second-order valence-electron chi connectivity index (χ2n) is 5.30. The van der Waals surface area contributed by atoms with Crippen molar-refractivity contribution >= 4 is 5.91 Å². The summed E-state index contributed by atoms with van der Waals surface area (Å²) in [6.45, 7) is 4.18. The van der Waals surface area contributed by atoms with Gasteiger partial charge in [-0.2, -0.15) is 0 Å². The number of nitrogens with one attached hydrogen (secondary N) is 1. The molecule has 2 atom stereocenters. The minimum atomic E-state index is -0.332. The zero-order valence-corrected chi connectivity index (χ0v) is 11.5. The summed E-state index contributed by atoms with van der Waals surface area (Å²) >= 11 is 0. The van der Waals surface area contributed by atoms with Gasteiger partial charge in [0.05, 0.1) is 12.6 Å². The molecule has 2 N–H and O–H groups in total. The van der Waals surface area contributed by atoms with Crippen LogP contribution in [0, 0.1) is 19.8 Å². The van der Waals surface area contributed by atoms with Gasteiger partial charge in [0.15, 0.2) is 0 Å². The number of rotatable bonds is 3. The number of aliphatic hydroxyl groups is 1. The average Bonchev–Trinajstić information content (AvgIpc) is 2.35. The van der Waals surface area contributed by atoms with Crippen molar-refractivity contribution in [2.24, 2.45) is 5.92 Å². The summed E-state index contributed by atoms with van der Waals surface area (Å²) in [4.78, 5) is 20.6. The third-order valence-electron chi connectivity index (χ3n) is 3.47. The molecule has 0 unspecified atom stereocenters. The van der Waals surface area contributed by atoms with Gasteiger partial charge in [-0.25, -0.2) is 9.97 Å². The first-order valence-corrected chi connectivity index (χ1v) is 6.81. The monoisotopic (exact) mass is 263 g/mol. The summed E-state index contributed by atoms with van der Waals surface area (Å²) in [5, 5.41) is 12.5. The van der Waals surface area contributed by atoms with Gasteiger partial charge in [0, 0.05) is 17.3 Å². The number of aromatic nitrogens is 2. The number of aliphatic hydroxyl groups excluding tert-OH is 1. The molecule has 1 saturated carbocycles. The minimum absolute atomic E-state index is 0.00140. The number of carbonyl (C=O) groups excluding carboxylic acids is 1. The highest BCUT2D eigenvalue weighted by atomic mass is 16.3. The van der Waals surface area contributed by atoms with Crippen LogP contribution in [0.1, 0.15) is 42.9 Å². The lowest BCUT2D eigenvalue weighted by Crippen LogP contribution is -2.35. The number of aryl methyl sites for hydroxylation is 2. The van der Waals surface area contributed by atoms with Crippen molar-refractivity contribution < 1.29 is 9.90 Å². The number of amides is 1. The van der Waals surface area contributed by atoms with Gasteiger partial charge in [-0.05, 0) is 39.2 Å². The van der Waals surface area contributed by atoms with Gasteiger partial charge in [0.25, 0.3) is 0 Å². The molecule has 1 aromatic heterocycles. The SMILES string of the molecule is Cc1cc(C)nc(CNC(=O)[C@@H]2CCC[C@H](O)C2)n1. The quantitative estimate of drug-likeness (QED) is 0.861. The highest BCUT2D eigenvalue weighted by Gasteiger charge is 2.25. The third-order valence-corrected chi connectivity index (χ3v) is 3.47. The molecular weight excluding hydrogens is 242 g/mol. The molecule has 5 nitrogen and oxygen atoms in total. The molecule has 19 heavy (non-hydrogen) atoms. The average molecular weight is 263 g/mol. The Balaban J connectivity index is 1.89. The summed E-state index contributed by atoms with van der Waals surface area (Å²) in [5.74, 6) is 0.568. The van der Waals surface area contributed by atoms with Crippen molar-refractivity contribution in [3.8, 4) is 0 Å². The molecule has 0 aromatic carbocycles. The van der Waals surface area contributed by atoms with Crippen molar-refractivity contribution in [2.45, 2.75) is 52.2 Å². The summed E-state index contributed by atoms with van der Waals surface area (Å²) in [6.07, 6.45) is 2.82. The maximum Gasteiger partial charge on any atom is 0.223 e. The Morgan fingerprint density at radius 3 is 2.68 bits per heavy atom. The molecule has 0 aliphatic heterocycles. The molecule has 1 aliphatic rings. The van der Waals surface area contributed by atoms with Gasteiger partial charge in [0.2, 0.25) is 5.91 Å². The fourth-order valence-corrected chi connectivity index (χ4v) is 2.59. The Morgan fingerprint density at radius 1 is 1.37 bits per heavy atom. The van der Waals surface area contributed by atoms with Crippen LogP contribution in [-0.2, 0) is 11.3 Å². The van der Waals surface area contributed by atoms with Gasteiger partial charge < -0.3 is 10.4 Å². The zero-order chi connectivity index (χ0) is 13.8. The number of hydrogen-bond acceptors (Lipinski definition) is 4. The first kappa shape index (κ1) is 13.9. The summed E-state index contributed by atoms with van der Waals surface area (Å²) < 4.78 is 0. The molecular formula is C14H21N3O2. The highest BCUT2D eigenvalue weighted by Crippen LogP contribution is 2.24. The number of nitrogens with zero attached hydrogens (tertiary/aromatic N) is 2. The van der Waals surface area contributed by atoms with Gasteiger partial charge in [0.1, 0.15) is 5.82 Å². The van der Waals surface area contributed by atoms with Gasteiger partial charge in [-0.3, -0.25) is 4.79 Å². The molecule has 1 aromatic rings. The molecule has 0 radical (unpaired) electrons.